The standard InChI is InChI=1S/C13H21N5O2/c1-13(2,3)20-12(19)10-16-8-9(14)11(17-10)18-6-4-15-5-7-18/h8,15H,4-7,14H2,1-3H3. The van der Waals surface area contributed by atoms with E-state index in [1.54, 1.807) is 20.8 Å². The molecule has 0 bridgehead atoms. The van der Waals surface area contributed by atoms with Gasteiger partial charge in [-0.25, -0.2) is 14.8 Å². The van der Waals surface area contributed by atoms with E-state index >= 15 is 0 Å². The van der Waals surface area contributed by atoms with Gasteiger partial charge in [-0.15, -0.1) is 0 Å². The van der Waals surface area contributed by atoms with Crippen molar-refractivity contribution in [3.05, 3.63) is 12.0 Å². The van der Waals surface area contributed by atoms with Crippen LogP contribution in [0.2, 0.25) is 0 Å². The fourth-order valence-electron chi connectivity index (χ4n) is 1.93. The average Bonchev–Trinajstić information content (AvgIpc) is 2.38. The SMILES string of the molecule is CC(C)(C)OC(=O)c1ncc(N)c(N2CCNCC2)n1. The van der Waals surface area contributed by atoms with Crippen LogP contribution in [0.15, 0.2) is 6.20 Å². The molecule has 0 atom stereocenters. The lowest BCUT2D eigenvalue weighted by atomic mass is 10.2. The van der Waals surface area contributed by atoms with Gasteiger partial charge in [0.25, 0.3) is 0 Å². The first-order valence-corrected chi connectivity index (χ1v) is 6.68. The fourth-order valence-corrected chi connectivity index (χ4v) is 1.93. The van der Waals surface area contributed by atoms with Crippen molar-refractivity contribution in [2.45, 2.75) is 26.4 Å². The third kappa shape index (κ3) is 3.57. The number of nitrogens with zero attached hydrogens (tertiary/aromatic N) is 3. The number of anilines is 2. The Labute approximate surface area is 118 Å². The van der Waals surface area contributed by atoms with Crippen molar-refractivity contribution < 1.29 is 9.53 Å². The Bertz CT molecular complexity index is 492. The van der Waals surface area contributed by atoms with Crippen LogP contribution in [-0.2, 0) is 4.74 Å². The highest BCUT2D eigenvalue weighted by atomic mass is 16.6. The number of piperazine rings is 1. The van der Waals surface area contributed by atoms with E-state index in [4.69, 9.17) is 10.5 Å². The van der Waals surface area contributed by atoms with Crippen LogP contribution in [0.3, 0.4) is 0 Å². The molecule has 1 aromatic rings. The smallest absolute Gasteiger partial charge is 0.376 e. The largest absolute Gasteiger partial charge is 0.454 e. The van der Waals surface area contributed by atoms with E-state index in [9.17, 15) is 4.79 Å². The van der Waals surface area contributed by atoms with Crippen LogP contribution < -0.4 is 16.0 Å². The lowest BCUT2D eigenvalue weighted by Gasteiger charge is -2.29. The molecular formula is C13H21N5O2. The minimum Gasteiger partial charge on any atom is -0.454 e. The van der Waals surface area contributed by atoms with E-state index in [0.29, 0.717) is 11.5 Å². The summed E-state index contributed by atoms with van der Waals surface area (Å²) >= 11 is 0. The number of esters is 1. The van der Waals surface area contributed by atoms with E-state index in [0.717, 1.165) is 26.2 Å². The second-order valence-corrected chi connectivity index (χ2v) is 5.71. The van der Waals surface area contributed by atoms with Crippen molar-refractivity contribution in [2.75, 3.05) is 36.8 Å². The summed E-state index contributed by atoms with van der Waals surface area (Å²) in [6.07, 6.45) is 1.46. The number of ether oxygens (including phenoxy) is 1. The average molecular weight is 279 g/mol. The van der Waals surface area contributed by atoms with Gasteiger partial charge in [-0.3, -0.25) is 0 Å². The van der Waals surface area contributed by atoms with Crippen LogP contribution in [0, 0.1) is 0 Å². The number of carbonyl (C=O) groups is 1. The lowest BCUT2D eigenvalue weighted by Crippen LogP contribution is -2.44. The molecule has 7 nitrogen and oxygen atoms in total. The molecule has 1 aliphatic heterocycles. The van der Waals surface area contributed by atoms with E-state index < -0.39 is 11.6 Å². The van der Waals surface area contributed by atoms with Crippen LogP contribution in [0.5, 0.6) is 0 Å². The van der Waals surface area contributed by atoms with Gasteiger partial charge in [-0.05, 0) is 20.8 Å². The molecule has 2 heterocycles. The van der Waals surface area contributed by atoms with E-state index in [2.05, 4.69) is 15.3 Å². The van der Waals surface area contributed by atoms with Crippen molar-refractivity contribution in [3.63, 3.8) is 0 Å². The fraction of sp³-hybridized carbons (Fsp3) is 0.615. The quantitative estimate of drug-likeness (QED) is 0.758. The Balaban J connectivity index is 2.21. The van der Waals surface area contributed by atoms with Gasteiger partial charge in [0.1, 0.15) is 5.60 Å². The molecule has 7 heteroatoms. The number of carbonyl (C=O) groups excluding carboxylic acids is 1. The van der Waals surface area contributed by atoms with Crippen molar-refractivity contribution in [1.29, 1.82) is 0 Å². The molecular weight excluding hydrogens is 258 g/mol. The van der Waals surface area contributed by atoms with Crippen molar-refractivity contribution in [1.82, 2.24) is 15.3 Å². The maximum atomic E-state index is 12.0. The van der Waals surface area contributed by atoms with E-state index in [1.165, 1.54) is 6.20 Å². The molecule has 20 heavy (non-hydrogen) atoms. The third-order valence-electron chi connectivity index (χ3n) is 2.79. The zero-order valence-electron chi connectivity index (χ0n) is 12.1. The second-order valence-electron chi connectivity index (χ2n) is 5.71. The summed E-state index contributed by atoms with van der Waals surface area (Å²) in [6.45, 7) is 8.75. The third-order valence-corrected chi connectivity index (χ3v) is 2.79. The zero-order valence-corrected chi connectivity index (χ0v) is 12.1. The number of nitrogens with one attached hydrogen (secondary N) is 1. The number of nitrogens with two attached hydrogens (primary N) is 1. The first kappa shape index (κ1) is 14.5. The van der Waals surface area contributed by atoms with Crippen LogP contribution in [0.1, 0.15) is 31.4 Å². The molecule has 1 aromatic heterocycles. The molecule has 1 saturated heterocycles. The van der Waals surface area contributed by atoms with Gasteiger partial charge in [-0.2, -0.15) is 0 Å². The van der Waals surface area contributed by atoms with Gasteiger partial charge in [0, 0.05) is 26.2 Å². The van der Waals surface area contributed by atoms with Gasteiger partial charge < -0.3 is 20.7 Å². The molecule has 0 radical (unpaired) electrons. The van der Waals surface area contributed by atoms with Crippen molar-refractivity contribution >= 4 is 17.5 Å². The molecule has 1 aliphatic rings. The topological polar surface area (TPSA) is 93.4 Å². The summed E-state index contributed by atoms with van der Waals surface area (Å²) in [5.74, 6) is 0.110. The number of nitrogen functional groups attached to an aromatic ring is 1. The van der Waals surface area contributed by atoms with Crippen molar-refractivity contribution in [2.24, 2.45) is 0 Å². The molecule has 0 spiro atoms. The summed E-state index contributed by atoms with van der Waals surface area (Å²) in [5.41, 5.74) is 5.81. The van der Waals surface area contributed by atoms with Gasteiger partial charge in [-0.1, -0.05) is 0 Å². The Morgan fingerprint density at radius 3 is 2.65 bits per heavy atom. The monoisotopic (exact) mass is 279 g/mol. The number of rotatable bonds is 2. The van der Waals surface area contributed by atoms with Gasteiger partial charge in [0.2, 0.25) is 5.82 Å². The summed E-state index contributed by atoms with van der Waals surface area (Å²) in [5, 5.41) is 3.25. The maximum absolute atomic E-state index is 12.0. The Kier molecular flexibility index (Phi) is 4.08. The summed E-state index contributed by atoms with van der Waals surface area (Å²) in [7, 11) is 0. The maximum Gasteiger partial charge on any atom is 0.376 e. The predicted octanol–water partition coefficient (Wildman–Crippen LogP) is 0.424. The first-order valence-electron chi connectivity index (χ1n) is 6.68. The van der Waals surface area contributed by atoms with Gasteiger partial charge in [0.05, 0.1) is 11.9 Å². The molecule has 0 aliphatic carbocycles. The molecule has 110 valence electrons. The Morgan fingerprint density at radius 2 is 2.05 bits per heavy atom. The lowest BCUT2D eigenvalue weighted by molar-refractivity contribution is 0.00557. The highest BCUT2D eigenvalue weighted by Gasteiger charge is 2.22. The molecule has 2 rings (SSSR count). The number of aromatic nitrogens is 2. The van der Waals surface area contributed by atoms with Gasteiger partial charge in [0.15, 0.2) is 5.82 Å². The Hall–Kier alpha value is -1.89. The van der Waals surface area contributed by atoms with E-state index in [-0.39, 0.29) is 5.82 Å². The molecule has 0 amide bonds. The summed E-state index contributed by atoms with van der Waals surface area (Å²) in [6, 6.07) is 0. The minimum absolute atomic E-state index is 0.0441. The number of hydrogen-bond acceptors (Lipinski definition) is 7. The van der Waals surface area contributed by atoms with E-state index in [1.807, 2.05) is 4.90 Å². The number of hydrogen-bond donors (Lipinski definition) is 2. The highest BCUT2D eigenvalue weighted by Crippen LogP contribution is 2.20. The van der Waals surface area contributed by atoms with Crippen LogP contribution >= 0.6 is 0 Å². The first-order chi connectivity index (χ1) is 9.37. The van der Waals surface area contributed by atoms with Crippen LogP contribution in [-0.4, -0.2) is 47.7 Å². The summed E-state index contributed by atoms with van der Waals surface area (Å²) < 4.78 is 5.27. The molecule has 0 saturated carbocycles. The normalized spacial score (nSPS) is 16.1. The van der Waals surface area contributed by atoms with Crippen LogP contribution in [0.4, 0.5) is 11.5 Å². The molecule has 1 fully saturated rings. The minimum atomic E-state index is -0.572. The van der Waals surface area contributed by atoms with Crippen molar-refractivity contribution in [3.8, 4) is 0 Å². The van der Waals surface area contributed by atoms with Gasteiger partial charge >= 0.3 is 5.97 Å². The molecule has 3 N–H and O–H groups in total. The highest BCUT2D eigenvalue weighted by molar-refractivity contribution is 5.86. The second kappa shape index (κ2) is 5.62. The predicted molar refractivity (Wildman–Crippen MR) is 76.7 cm³/mol. The summed E-state index contributed by atoms with van der Waals surface area (Å²) in [4.78, 5) is 22.3. The van der Waals surface area contributed by atoms with Crippen LogP contribution in [0.25, 0.3) is 0 Å². The zero-order chi connectivity index (χ0) is 14.8. The molecule has 0 unspecified atom stereocenters. The molecule has 0 aromatic carbocycles. The Morgan fingerprint density at radius 1 is 1.40 bits per heavy atom.